The van der Waals surface area contributed by atoms with Gasteiger partial charge in [-0.2, -0.15) is 0 Å². The minimum atomic E-state index is -0.267. The Kier molecular flexibility index (Phi) is 4.66. The first-order valence-electron chi connectivity index (χ1n) is 5.90. The number of hydrogen-bond donors (Lipinski definition) is 0. The van der Waals surface area contributed by atoms with Crippen molar-refractivity contribution in [2.24, 2.45) is 0 Å². The van der Waals surface area contributed by atoms with E-state index in [2.05, 4.69) is 26.1 Å². The van der Waals surface area contributed by atoms with Crippen LogP contribution in [-0.4, -0.2) is 28.5 Å². The minimum Gasteiger partial charge on any atom is -0.383 e. The summed E-state index contributed by atoms with van der Waals surface area (Å²) in [5.41, 5.74) is 1.59. The third-order valence-electron chi connectivity index (χ3n) is 2.77. The highest BCUT2D eigenvalue weighted by Gasteiger charge is 2.13. The number of methoxy groups -OCH3 is 1. The molecule has 0 aliphatic heterocycles. The van der Waals surface area contributed by atoms with Crippen LogP contribution in [0.5, 0.6) is 0 Å². The average molecular weight is 328 g/mol. The largest absolute Gasteiger partial charge is 0.383 e. The second kappa shape index (κ2) is 6.25. The van der Waals surface area contributed by atoms with Crippen LogP contribution in [0.1, 0.15) is 11.4 Å². The van der Waals surface area contributed by atoms with Gasteiger partial charge in [-0.05, 0) is 30.7 Å². The van der Waals surface area contributed by atoms with Crippen LogP contribution in [0.15, 0.2) is 18.2 Å². The first-order valence-corrected chi connectivity index (χ1v) is 7.02. The molecule has 0 atom stereocenters. The molecule has 0 fully saturated rings. The summed E-state index contributed by atoms with van der Waals surface area (Å²) in [5.74, 6) is 1.19. The maximum Gasteiger partial charge on any atom is 0.164 e. The highest BCUT2D eigenvalue weighted by atomic mass is 79.9. The van der Waals surface area contributed by atoms with Crippen molar-refractivity contribution in [3.63, 3.8) is 0 Å². The van der Waals surface area contributed by atoms with Gasteiger partial charge in [0.25, 0.3) is 0 Å². The van der Waals surface area contributed by atoms with Crippen molar-refractivity contribution >= 4 is 15.9 Å². The van der Waals surface area contributed by atoms with Crippen LogP contribution in [0.3, 0.4) is 0 Å². The minimum absolute atomic E-state index is 0.267. The van der Waals surface area contributed by atoms with Crippen molar-refractivity contribution < 1.29 is 9.13 Å². The number of aromatic nitrogens is 3. The Labute approximate surface area is 119 Å². The lowest BCUT2D eigenvalue weighted by atomic mass is 10.1. The van der Waals surface area contributed by atoms with Crippen LogP contribution in [0.4, 0.5) is 4.39 Å². The topological polar surface area (TPSA) is 39.9 Å². The summed E-state index contributed by atoms with van der Waals surface area (Å²) < 4.78 is 20.5. The number of aryl methyl sites for hydroxylation is 1. The highest BCUT2D eigenvalue weighted by Crippen LogP contribution is 2.22. The lowest BCUT2D eigenvalue weighted by molar-refractivity contribution is 0.187. The smallest absolute Gasteiger partial charge is 0.164 e. The van der Waals surface area contributed by atoms with Gasteiger partial charge in [0.15, 0.2) is 5.82 Å². The van der Waals surface area contributed by atoms with Crippen molar-refractivity contribution in [3.8, 4) is 11.4 Å². The standard InChI is InChI=1S/C13H15BrFN3O/c1-9-5-10(7-11(15)6-9)13-17-16-12(8-14)18(13)3-4-19-2/h5-7H,3-4,8H2,1-2H3. The summed E-state index contributed by atoms with van der Waals surface area (Å²) in [6.07, 6.45) is 0. The number of ether oxygens (including phenoxy) is 1. The lowest BCUT2D eigenvalue weighted by Crippen LogP contribution is -2.09. The third-order valence-corrected chi connectivity index (χ3v) is 3.27. The molecular formula is C13H15BrFN3O. The number of rotatable bonds is 5. The molecular weight excluding hydrogens is 313 g/mol. The second-order valence-corrected chi connectivity index (χ2v) is 4.80. The predicted octanol–water partition coefficient (Wildman–Crippen LogP) is 2.93. The first-order chi connectivity index (χ1) is 9.15. The number of nitrogens with zero attached hydrogens (tertiary/aromatic N) is 3. The summed E-state index contributed by atoms with van der Waals surface area (Å²) in [7, 11) is 1.64. The van der Waals surface area contributed by atoms with Gasteiger partial charge in [-0.1, -0.05) is 15.9 Å². The van der Waals surface area contributed by atoms with Crippen molar-refractivity contribution in [1.29, 1.82) is 0 Å². The normalized spacial score (nSPS) is 10.9. The zero-order valence-electron chi connectivity index (χ0n) is 10.9. The molecule has 0 bridgehead atoms. The molecule has 0 unspecified atom stereocenters. The molecule has 0 saturated heterocycles. The molecule has 0 saturated carbocycles. The van der Waals surface area contributed by atoms with Crippen LogP contribution in [0, 0.1) is 12.7 Å². The number of benzene rings is 1. The molecule has 1 aromatic carbocycles. The van der Waals surface area contributed by atoms with E-state index in [9.17, 15) is 4.39 Å². The van der Waals surface area contributed by atoms with Gasteiger partial charge in [0.2, 0.25) is 0 Å². The van der Waals surface area contributed by atoms with Crippen LogP contribution < -0.4 is 0 Å². The van der Waals surface area contributed by atoms with E-state index >= 15 is 0 Å². The van der Waals surface area contributed by atoms with E-state index in [1.807, 2.05) is 17.6 Å². The Morgan fingerprint density at radius 2 is 2.11 bits per heavy atom. The van der Waals surface area contributed by atoms with E-state index < -0.39 is 0 Å². The fraction of sp³-hybridized carbons (Fsp3) is 0.385. The lowest BCUT2D eigenvalue weighted by Gasteiger charge is -2.09. The van der Waals surface area contributed by atoms with Gasteiger partial charge in [0.1, 0.15) is 11.6 Å². The van der Waals surface area contributed by atoms with E-state index in [0.29, 0.717) is 24.3 Å². The van der Waals surface area contributed by atoms with E-state index in [4.69, 9.17) is 4.74 Å². The molecule has 6 heteroatoms. The molecule has 19 heavy (non-hydrogen) atoms. The Hall–Kier alpha value is -1.27. The molecule has 0 aliphatic carbocycles. The maximum absolute atomic E-state index is 13.5. The molecule has 102 valence electrons. The van der Waals surface area contributed by atoms with Crippen LogP contribution in [-0.2, 0) is 16.6 Å². The van der Waals surface area contributed by atoms with Gasteiger partial charge in [-0.25, -0.2) is 4.39 Å². The number of alkyl halides is 1. The van der Waals surface area contributed by atoms with Crippen molar-refractivity contribution in [3.05, 3.63) is 35.4 Å². The van der Waals surface area contributed by atoms with Crippen molar-refractivity contribution in [2.75, 3.05) is 13.7 Å². The van der Waals surface area contributed by atoms with Gasteiger partial charge in [-0.3, -0.25) is 0 Å². The van der Waals surface area contributed by atoms with E-state index in [0.717, 1.165) is 17.0 Å². The van der Waals surface area contributed by atoms with Gasteiger partial charge in [-0.15, -0.1) is 10.2 Å². The summed E-state index contributed by atoms with van der Waals surface area (Å²) in [5, 5.41) is 8.86. The first kappa shape index (κ1) is 14.1. The predicted molar refractivity (Wildman–Crippen MR) is 74.7 cm³/mol. The van der Waals surface area contributed by atoms with E-state index in [-0.39, 0.29) is 5.82 Å². The molecule has 4 nitrogen and oxygen atoms in total. The second-order valence-electron chi connectivity index (χ2n) is 4.24. The zero-order chi connectivity index (χ0) is 13.8. The Morgan fingerprint density at radius 3 is 2.74 bits per heavy atom. The van der Waals surface area contributed by atoms with Gasteiger partial charge in [0.05, 0.1) is 11.9 Å². The molecule has 0 radical (unpaired) electrons. The van der Waals surface area contributed by atoms with Gasteiger partial charge >= 0.3 is 0 Å². The molecule has 0 N–H and O–H groups in total. The number of hydrogen-bond acceptors (Lipinski definition) is 3. The molecule has 0 amide bonds. The van der Waals surface area contributed by atoms with Gasteiger partial charge < -0.3 is 9.30 Å². The number of halogens is 2. The maximum atomic E-state index is 13.5. The van der Waals surface area contributed by atoms with Gasteiger partial charge in [0, 0.05) is 19.2 Å². The Morgan fingerprint density at radius 1 is 1.32 bits per heavy atom. The fourth-order valence-corrected chi connectivity index (χ4v) is 2.35. The van der Waals surface area contributed by atoms with Crippen LogP contribution in [0.25, 0.3) is 11.4 Å². The molecule has 0 spiro atoms. The zero-order valence-corrected chi connectivity index (χ0v) is 12.4. The molecule has 0 aliphatic rings. The summed E-state index contributed by atoms with van der Waals surface area (Å²) in [6, 6.07) is 4.86. The molecule has 1 aromatic heterocycles. The molecule has 2 rings (SSSR count). The van der Waals surface area contributed by atoms with E-state index in [1.165, 1.54) is 12.1 Å². The average Bonchev–Trinajstić information content (AvgIpc) is 2.77. The highest BCUT2D eigenvalue weighted by molar-refractivity contribution is 9.08. The SMILES string of the molecule is COCCn1c(CBr)nnc1-c1cc(C)cc(F)c1. The van der Waals surface area contributed by atoms with Crippen LogP contribution >= 0.6 is 15.9 Å². The molecule has 1 heterocycles. The monoisotopic (exact) mass is 327 g/mol. The summed E-state index contributed by atoms with van der Waals surface area (Å²) in [4.78, 5) is 0. The Bertz CT molecular complexity index is 551. The third kappa shape index (κ3) is 3.19. The van der Waals surface area contributed by atoms with Crippen molar-refractivity contribution in [2.45, 2.75) is 18.8 Å². The van der Waals surface area contributed by atoms with Crippen molar-refractivity contribution in [1.82, 2.24) is 14.8 Å². The molecule has 2 aromatic rings. The fourth-order valence-electron chi connectivity index (χ4n) is 1.93. The van der Waals surface area contributed by atoms with E-state index in [1.54, 1.807) is 7.11 Å². The quantitative estimate of drug-likeness (QED) is 0.793. The van der Waals surface area contributed by atoms with Crippen LogP contribution in [0.2, 0.25) is 0 Å². The Balaban J connectivity index is 2.45. The summed E-state index contributed by atoms with van der Waals surface area (Å²) >= 11 is 3.38. The summed E-state index contributed by atoms with van der Waals surface area (Å²) in [6.45, 7) is 3.04.